The first-order valence-corrected chi connectivity index (χ1v) is 18.0. The van der Waals surface area contributed by atoms with Gasteiger partial charge in [-0.05, 0) is 78.0 Å². The van der Waals surface area contributed by atoms with Crippen LogP contribution in [-0.2, 0) is 6.18 Å². The standard InChI is InChI=1S/C14H19N3O2.C13H15F3N2O2.C11H16ClN3O2/c1-4-8-16(11(3)5-2)13-6-7-14(17(18)19)12(9-13)10-15;1-4-17(8-9(2)3)10-5-6-12(18(19)20)11(7-10)13(14,15)16;1-13(2)6-7-14(3)11-5-4-9(15(16)17)8-10(11)12/h6-7,9,11H,4-5,8H2,1-3H3;5-7H,2,4,8H2,1,3H3;4-5,8H,6-7H2,1-3H3. The van der Waals surface area contributed by atoms with Crippen molar-refractivity contribution in [2.45, 2.75) is 59.7 Å². The lowest BCUT2D eigenvalue weighted by Crippen LogP contribution is -2.33. The summed E-state index contributed by atoms with van der Waals surface area (Å²) in [4.78, 5) is 38.0. The Balaban J connectivity index is 0.000000421. The van der Waals surface area contributed by atoms with Gasteiger partial charge in [0.25, 0.3) is 17.1 Å². The van der Waals surface area contributed by atoms with Crippen molar-refractivity contribution in [2.24, 2.45) is 0 Å². The molecule has 14 nitrogen and oxygen atoms in total. The second-order valence-corrected chi connectivity index (χ2v) is 13.5. The maximum Gasteiger partial charge on any atom is 0.423 e. The summed E-state index contributed by atoms with van der Waals surface area (Å²) in [6.45, 7) is 17.0. The summed E-state index contributed by atoms with van der Waals surface area (Å²) in [5, 5.41) is 41.5. The molecule has 0 saturated carbocycles. The normalized spacial score (nSPS) is 11.2. The minimum absolute atomic E-state index is 0.0137. The zero-order chi connectivity index (χ0) is 42.9. The lowest BCUT2D eigenvalue weighted by atomic mass is 10.1. The van der Waals surface area contributed by atoms with E-state index in [9.17, 15) is 43.5 Å². The van der Waals surface area contributed by atoms with Crippen LogP contribution in [0.4, 0.5) is 47.3 Å². The summed E-state index contributed by atoms with van der Waals surface area (Å²) in [6.07, 6.45) is -2.79. The van der Waals surface area contributed by atoms with Crippen molar-refractivity contribution in [3.05, 3.63) is 113 Å². The Morgan fingerprint density at radius 3 is 1.91 bits per heavy atom. The number of benzene rings is 3. The van der Waals surface area contributed by atoms with Gasteiger partial charge in [-0.2, -0.15) is 18.4 Å². The van der Waals surface area contributed by atoms with Crippen LogP contribution in [0.15, 0.2) is 66.7 Å². The van der Waals surface area contributed by atoms with Crippen LogP contribution in [-0.4, -0.2) is 79.6 Å². The van der Waals surface area contributed by atoms with Crippen molar-refractivity contribution in [1.82, 2.24) is 4.90 Å². The Labute approximate surface area is 330 Å². The minimum atomic E-state index is -4.76. The number of nitriles is 1. The van der Waals surface area contributed by atoms with E-state index >= 15 is 0 Å². The van der Waals surface area contributed by atoms with Crippen molar-refractivity contribution in [1.29, 1.82) is 5.26 Å². The van der Waals surface area contributed by atoms with E-state index in [1.807, 2.05) is 32.1 Å². The Kier molecular flexibility index (Phi) is 19.8. The van der Waals surface area contributed by atoms with Crippen LogP contribution in [0.1, 0.15) is 58.6 Å². The van der Waals surface area contributed by atoms with Crippen LogP contribution in [0, 0.1) is 41.7 Å². The molecule has 0 fully saturated rings. The van der Waals surface area contributed by atoms with E-state index in [1.54, 1.807) is 36.9 Å². The fourth-order valence-corrected chi connectivity index (χ4v) is 5.54. The summed E-state index contributed by atoms with van der Waals surface area (Å²) in [7, 11) is 5.90. The van der Waals surface area contributed by atoms with Gasteiger partial charge in [0.05, 0.1) is 25.5 Å². The second kappa shape index (κ2) is 22.8. The van der Waals surface area contributed by atoms with Gasteiger partial charge in [-0.15, -0.1) is 0 Å². The van der Waals surface area contributed by atoms with Crippen molar-refractivity contribution in [3.8, 4) is 6.07 Å². The SMILES string of the molecule is C=C(C)CN(CC)c1ccc([N+](=O)[O-])c(C(F)(F)F)c1.CCCN(c1ccc([N+](=O)[O-])c(C#N)c1)C(C)CC.CN(C)CCN(C)c1ccc([N+](=O)[O-])cc1Cl. The van der Waals surface area contributed by atoms with Crippen molar-refractivity contribution in [3.63, 3.8) is 0 Å². The zero-order valence-corrected chi connectivity index (χ0v) is 33.7. The van der Waals surface area contributed by atoms with Gasteiger partial charge >= 0.3 is 6.18 Å². The molecule has 0 aliphatic carbocycles. The number of alkyl halides is 3. The number of nitro groups is 3. The van der Waals surface area contributed by atoms with Crippen molar-refractivity contribution < 1.29 is 27.9 Å². The maximum atomic E-state index is 12.9. The summed E-state index contributed by atoms with van der Waals surface area (Å²) in [5.41, 5.74) is 0.580. The van der Waals surface area contributed by atoms with Crippen LogP contribution in [0.2, 0.25) is 5.02 Å². The van der Waals surface area contributed by atoms with E-state index in [-0.39, 0.29) is 22.6 Å². The van der Waals surface area contributed by atoms with E-state index < -0.39 is 32.2 Å². The molecule has 0 amide bonds. The maximum absolute atomic E-state index is 12.9. The zero-order valence-electron chi connectivity index (χ0n) is 33.0. The quantitative estimate of drug-likeness (QED) is 0.0768. The highest BCUT2D eigenvalue weighted by molar-refractivity contribution is 6.33. The highest BCUT2D eigenvalue weighted by atomic mass is 35.5. The number of nitrogens with zero attached hydrogens (tertiary/aromatic N) is 8. The fourth-order valence-electron chi connectivity index (χ4n) is 5.22. The molecule has 0 aliphatic heterocycles. The predicted molar refractivity (Wildman–Crippen MR) is 216 cm³/mol. The number of rotatable bonds is 16. The van der Waals surface area contributed by atoms with Gasteiger partial charge < -0.3 is 19.6 Å². The Bertz CT molecular complexity index is 1850. The first kappa shape index (κ1) is 48.5. The third kappa shape index (κ3) is 15.0. The highest BCUT2D eigenvalue weighted by Gasteiger charge is 2.38. The molecular weight excluding hydrogens is 757 g/mol. The van der Waals surface area contributed by atoms with Crippen LogP contribution < -0.4 is 14.7 Å². The van der Waals surface area contributed by atoms with Crippen LogP contribution in [0.25, 0.3) is 0 Å². The van der Waals surface area contributed by atoms with Crippen LogP contribution in [0.3, 0.4) is 0 Å². The predicted octanol–water partition coefficient (Wildman–Crippen LogP) is 9.74. The molecular formula is C38H50ClF3N8O6. The molecule has 18 heteroatoms. The van der Waals surface area contributed by atoms with E-state index in [1.165, 1.54) is 24.3 Å². The van der Waals surface area contributed by atoms with E-state index in [4.69, 9.17) is 16.9 Å². The number of likely N-dealkylation sites (N-methyl/N-ethyl adjacent to an activating group) is 3. The molecule has 1 atom stereocenters. The number of nitro benzene ring substituents is 3. The van der Waals surface area contributed by atoms with Crippen LogP contribution in [0.5, 0.6) is 0 Å². The van der Waals surface area contributed by atoms with Gasteiger partial charge in [-0.3, -0.25) is 30.3 Å². The summed E-state index contributed by atoms with van der Waals surface area (Å²) in [6, 6.07) is 14.5. The third-order valence-corrected chi connectivity index (χ3v) is 8.64. The molecule has 3 aromatic rings. The van der Waals surface area contributed by atoms with Gasteiger partial charge in [0.1, 0.15) is 17.2 Å². The molecule has 0 N–H and O–H groups in total. The highest BCUT2D eigenvalue weighted by Crippen LogP contribution is 2.38. The van der Waals surface area contributed by atoms with E-state index in [2.05, 4.69) is 37.1 Å². The Morgan fingerprint density at radius 1 is 0.875 bits per heavy atom. The summed E-state index contributed by atoms with van der Waals surface area (Å²) < 4.78 is 38.6. The first-order chi connectivity index (χ1) is 26.1. The summed E-state index contributed by atoms with van der Waals surface area (Å²) >= 11 is 6.02. The number of halogens is 4. The van der Waals surface area contributed by atoms with Gasteiger partial charge in [0.2, 0.25) is 0 Å². The Hall–Kier alpha value is -5.47. The molecule has 0 heterocycles. The molecule has 0 spiro atoms. The average Bonchev–Trinajstić information content (AvgIpc) is 3.14. The molecule has 3 rings (SSSR count). The monoisotopic (exact) mass is 806 g/mol. The first-order valence-electron chi connectivity index (χ1n) is 17.6. The molecule has 0 aliphatic rings. The number of non-ortho nitro benzene ring substituents is 1. The summed E-state index contributed by atoms with van der Waals surface area (Å²) in [5.74, 6) is 0. The van der Waals surface area contributed by atoms with Crippen LogP contribution >= 0.6 is 11.6 Å². The molecule has 0 bridgehead atoms. The lowest BCUT2D eigenvalue weighted by molar-refractivity contribution is -0.388. The van der Waals surface area contributed by atoms with Gasteiger partial charge in [0.15, 0.2) is 0 Å². The van der Waals surface area contributed by atoms with E-state index in [0.717, 1.165) is 61.6 Å². The fraction of sp³-hybridized carbons (Fsp3) is 0.447. The second-order valence-electron chi connectivity index (χ2n) is 13.1. The molecule has 0 saturated heterocycles. The van der Waals surface area contributed by atoms with Gasteiger partial charge in [-0.1, -0.05) is 37.6 Å². The average molecular weight is 807 g/mol. The van der Waals surface area contributed by atoms with Crippen molar-refractivity contribution in [2.75, 3.05) is 68.6 Å². The number of hydrogen-bond donors (Lipinski definition) is 0. The minimum Gasteiger partial charge on any atom is -0.372 e. The third-order valence-electron chi connectivity index (χ3n) is 8.34. The van der Waals surface area contributed by atoms with Gasteiger partial charge in [0, 0.05) is 81.5 Å². The Morgan fingerprint density at radius 2 is 1.46 bits per heavy atom. The molecule has 306 valence electrons. The molecule has 1 unspecified atom stereocenters. The molecule has 3 aromatic carbocycles. The largest absolute Gasteiger partial charge is 0.423 e. The topological polar surface area (TPSA) is 166 Å². The molecule has 0 aromatic heterocycles. The number of anilines is 3. The number of hydrogen-bond acceptors (Lipinski definition) is 11. The smallest absolute Gasteiger partial charge is 0.372 e. The molecule has 0 radical (unpaired) electrons. The van der Waals surface area contributed by atoms with Crippen molar-refractivity contribution >= 4 is 45.7 Å². The van der Waals surface area contributed by atoms with Gasteiger partial charge in [-0.25, -0.2) is 0 Å². The molecule has 56 heavy (non-hydrogen) atoms. The van der Waals surface area contributed by atoms with E-state index in [0.29, 0.717) is 24.2 Å². The lowest BCUT2D eigenvalue weighted by Gasteiger charge is -2.30.